The van der Waals surface area contributed by atoms with Gasteiger partial charge in [0, 0.05) is 23.7 Å². The molecular weight excluding hydrogens is 300 g/mol. The van der Waals surface area contributed by atoms with Gasteiger partial charge in [0.05, 0.1) is 5.02 Å². The normalized spacial score (nSPS) is 24.6. The van der Waals surface area contributed by atoms with Crippen LogP contribution in [0.2, 0.25) is 10.0 Å². The summed E-state index contributed by atoms with van der Waals surface area (Å²) >= 11 is 11.9. The quantitative estimate of drug-likeness (QED) is 0.809. The summed E-state index contributed by atoms with van der Waals surface area (Å²) in [5.74, 6) is -0.191. The second kappa shape index (κ2) is 7.08. The number of nitrogens with one attached hydrogen (secondary N) is 1. The van der Waals surface area contributed by atoms with E-state index in [2.05, 4.69) is 5.32 Å². The third-order valence-electron chi connectivity index (χ3n) is 4.11. The highest BCUT2D eigenvalue weighted by molar-refractivity contribution is 6.35. The Kier molecular flexibility index (Phi) is 5.67. The minimum Gasteiger partial charge on any atom is -0.396 e. The summed E-state index contributed by atoms with van der Waals surface area (Å²) in [7, 11) is 0. The number of hydrogen-bond acceptors (Lipinski definition) is 2. The van der Waals surface area contributed by atoms with Crippen molar-refractivity contribution in [1.29, 1.82) is 0 Å². The Morgan fingerprint density at radius 3 is 2.70 bits per heavy atom. The van der Waals surface area contributed by atoms with E-state index in [1.807, 2.05) is 6.92 Å². The molecule has 20 heavy (non-hydrogen) atoms. The smallest absolute Gasteiger partial charge is 0.142 e. The fourth-order valence-electron chi connectivity index (χ4n) is 2.93. The molecule has 1 aromatic carbocycles. The van der Waals surface area contributed by atoms with E-state index in [4.69, 9.17) is 23.2 Å². The van der Waals surface area contributed by atoms with Gasteiger partial charge >= 0.3 is 0 Å². The van der Waals surface area contributed by atoms with Gasteiger partial charge in [-0.1, -0.05) is 36.0 Å². The monoisotopic (exact) mass is 319 g/mol. The van der Waals surface area contributed by atoms with Crippen LogP contribution in [-0.2, 0) is 0 Å². The van der Waals surface area contributed by atoms with Crippen LogP contribution in [0.3, 0.4) is 0 Å². The number of hydrogen-bond donors (Lipinski definition) is 2. The van der Waals surface area contributed by atoms with Crippen molar-refractivity contribution in [3.8, 4) is 0 Å². The topological polar surface area (TPSA) is 32.3 Å². The van der Waals surface area contributed by atoms with E-state index < -0.39 is 5.82 Å². The van der Waals surface area contributed by atoms with Crippen molar-refractivity contribution in [2.24, 2.45) is 5.92 Å². The molecule has 1 aliphatic rings. The van der Waals surface area contributed by atoms with Crippen LogP contribution in [0.15, 0.2) is 12.1 Å². The molecule has 1 aliphatic carbocycles. The Morgan fingerprint density at radius 2 is 2.00 bits per heavy atom. The first-order valence-electron chi connectivity index (χ1n) is 7.04. The van der Waals surface area contributed by atoms with E-state index in [1.54, 1.807) is 0 Å². The number of benzene rings is 1. The summed E-state index contributed by atoms with van der Waals surface area (Å²) < 4.78 is 13.6. The standard InChI is InChI=1S/C15H20Cl2FNO/c1-9(11-6-14(18)13(17)7-12(11)16)19-15-5-3-2-4-10(15)8-20/h6-7,9-10,15,19-20H,2-5,8H2,1H3. The first-order valence-corrected chi connectivity index (χ1v) is 7.80. The molecule has 1 aromatic rings. The molecule has 0 aliphatic heterocycles. The maximum absolute atomic E-state index is 13.6. The van der Waals surface area contributed by atoms with Gasteiger partial charge in [-0.2, -0.15) is 0 Å². The van der Waals surface area contributed by atoms with Gasteiger partial charge in [-0.25, -0.2) is 4.39 Å². The Bertz CT molecular complexity index is 469. The summed E-state index contributed by atoms with van der Waals surface area (Å²) in [6.07, 6.45) is 4.38. The van der Waals surface area contributed by atoms with Crippen molar-refractivity contribution >= 4 is 23.2 Å². The molecule has 3 atom stereocenters. The van der Waals surface area contributed by atoms with Crippen molar-refractivity contribution in [2.75, 3.05) is 6.61 Å². The Labute approximate surface area is 129 Å². The molecule has 0 aromatic heterocycles. The van der Waals surface area contributed by atoms with E-state index in [1.165, 1.54) is 12.1 Å². The zero-order valence-electron chi connectivity index (χ0n) is 11.5. The largest absolute Gasteiger partial charge is 0.396 e. The minimum atomic E-state index is -0.456. The second-order valence-corrected chi connectivity index (χ2v) is 6.32. The summed E-state index contributed by atoms with van der Waals surface area (Å²) in [6.45, 7) is 2.14. The summed E-state index contributed by atoms with van der Waals surface area (Å²) in [5, 5.41) is 13.4. The molecule has 3 unspecified atom stereocenters. The lowest BCUT2D eigenvalue weighted by Crippen LogP contribution is -2.41. The van der Waals surface area contributed by atoms with Gasteiger partial charge < -0.3 is 10.4 Å². The fraction of sp³-hybridized carbons (Fsp3) is 0.600. The molecule has 0 radical (unpaired) electrons. The molecule has 0 bridgehead atoms. The summed E-state index contributed by atoms with van der Waals surface area (Å²) in [5.41, 5.74) is 0.704. The summed E-state index contributed by atoms with van der Waals surface area (Å²) in [6, 6.07) is 3.00. The Hall–Kier alpha value is -0.350. The van der Waals surface area contributed by atoms with Crippen LogP contribution in [0.5, 0.6) is 0 Å². The molecule has 0 heterocycles. The van der Waals surface area contributed by atoms with E-state index in [0.717, 1.165) is 25.7 Å². The number of aliphatic hydroxyl groups excluding tert-OH is 1. The van der Waals surface area contributed by atoms with Gasteiger partial charge in [-0.3, -0.25) is 0 Å². The van der Waals surface area contributed by atoms with E-state index in [-0.39, 0.29) is 29.6 Å². The van der Waals surface area contributed by atoms with Crippen molar-refractivity contribution in [3.63, 3.8) is 0 Å². The van der Waals surface area contributed by atoms with Crippen LogP contribution in [-0.4, -0.2) is 17.8 Å². The van der Waals surface area contributed by atoms with E-state index in [0.29, 0.717) is 10.6 Å². The average Bonchev–Trinajstić information content (AvgIpc) is 2.43. The van der Waals surface area contributed by atoms with E-state index in [9.17, 15) is 9.50 Å². The van der Waals surface area contributed by atoms with Gasteiger partial charge in [0.1, 0.15) is 5.82 Å². The molecule has 5 heteroatoms. The van der Waals surface area contributed by atoms with Crippen LogP contribution < -0.4 is 5.32 Å². The highest BCUT2D eigenvalue weighted by Crippen LogP contribution is 2.31. The highest BCUT2D eigenvalue weighted by atomic mass is 35.5. The molecular formula is C15H20Cl2FNO. The highest BCUT2D eigenvalue weighted by Gasteiger charge is 2.26. The third kappa shape index (κ3) is 3.64. The van der Waals surface area contributed by atoms with Crippen LogP contribution in [0.1, 0.15) is 44.2 Å². The lowest BCUT2D eigenvalue weighted by Gasteiger charge is -2.33. The van der Waals surface area contributed by atoms with Gasteiger partial charge in [-0.05, 0) is 43.4 Å². The molecule has 0 saturated heterocycles. The maximum Gasteiger partial charge on any atom is 0.142 e. The first kappa shape index (κ1) is 16.0. The van der Waals surface area contributed by atoms with Crippen molar-refractivity contribution in [3.05, 3.63) is 33.6 Å². The van der Waals surface area contributed by atoms with Crippen LogP contribution in [0, 0.1) is 11.7 Å². The van der Waals surface area contributed by atoms with E-state index >= 15 is 0 Å². The lowest BCUT2D eigenvalue weighted by molar-refractivity contribution is 0.147. The molecule has 0 spiro atoms. The number of aliphatic hydroxyl groups is 1. The van der Waals surface area contributed by atoms with Crippen molar-refractivity contribution in [1.82, 2.24) is 5.32 Å². The predicted molar refractivity (Wildman–Crippen MR) is 80.8 cm³/mol. The van der Waals surface area contributed by atoms with Gasteiger partial charge in [-0.15, -0.1) is 0 Å². The molecule has 0 amide bonds. The molecule has 1 saturated carbocycles. The van der Waals surface area contributed by atoms with Gasteiger partial charge in [0.2, 0.25) is 0 Å². The van der Waals surface area contributed by atoms with Crippen LogP contribution in [0.4, 0.5) is 4.39 Å². The SMILES string of the molecule is CC(NC1CCCCC1CO)c1cc(F)c(Cl)cc1Cl. The van der Waals surface area contributed by atoms with Crippen LogP contribution in [0.25, 0.3) is 0 Å². The molecule has 2 N–H and O–H groups in total. The predicted octanol–water partition coefficient (Wildman–Crippen LogP) is 4.33. The number of halogens is 3. The minimum absolute atomic E-state index is 0.0388. The molecule has 112 valence electrons. The number of rotatable bonds is 4. The maximum atomic E-state index is 13.6. The Balaban J connectivity index is 2.11. The Morgan fingerprint density at radius 1 is 1.30 bits per heavy atom. The molecule has 2 rings (SSSR count). The molecule has 2 nitrogen and oxygen atoms in total. The van der Waals surface area contributed by atoms with Crippen LogP contribution >= 0.6 is 23.2 Å². The lowest BCUT2D eigenvalue weighted by atomic mass is 9.84. The van der Waals surface area contributed by atoms with Gasteiger partial charge in [0.15, 0.2) is 0 Å². The van der Waals surface area contributed by atoms with Crippen molar-refractivity contribution in [2.45, 2.75) is 44.7 Å². The average molecular weight is 320 g/mol. The summed E-state index contributed by atoms with van der Waals surface area (Å²) in [4.78, 5) is 0. The molecule has 1 fully saturated rings. The van der Waals surface area contributed by atoms with Gasteiger partial charge in [0.25, 0.3) is 0 Å². The first-order chi connectivity index (χ1) is 9.52. The van der Waals surface area contributed by atoms with Crippen molar-refractivity contribution < 1.29 is 9.50 Å². The zero-order chi connectivity index (χ0) is 14.7. The third-order valence-corrected chi connectivity index (χ3v) is 4.73. The zero-order valence-corrected chi connectivity index (χ0v) is 13.0. The fourth-order valence-corrected chi connectivity index (χ4v) is 3.47. The second-order valence-electron chi connectivity index (χ2n) is 5.51.